The zero-order chi connectivity index (χ0) is 15.2. The summed E-state index contributed by atoms with van der Waals surface area (Å²) >= 11 is 0. The van der Waals surface area contributed by atoms with E-state index in [0.29, 0.717) is 12.4 Å². The molecule has 2 rings (SSSR count). The van der Waals surface area contributed by atoms with Gasteiger partial charge in [-0.05, 0) is 19.8 Å². The zero-order valence-corrected chi connectivity index (χ0v) is 12.8. The van der Waals surface area contributed by atoms with Crippen LogP contribution >= 0.6 is 0 Å². The molecule has 4 nitrogen and oxygen atoms in total. The smallest absolute Gasteiger partial charge is 0.223 e. The number of hydrogen-bond donors (Lipinski definition) is 1. The molecular weight excluding hydrogens is 264 g/mol. The second-order valence-electron chi connectivity index (χ2n) is 5.11. The predicted octanol–water partition coefficient (Wildman–Crippen LogP) is 3.70. The molecule has 0 spiro atoms. The summed E-state index contributed by atoms with van der Waals surface area (Å²) in [4.78, 5) is 16.4. The van der Waals surface area contributed by atoms with Gasteiger partial charge in [-0.3, -0.25) is 4.79 Å². The highest BCUT2D eigenvalue weighted by Gasteiger charge is 2.16. The second-order valence-corrected chi connectivity index (χ2v) is 5.11. The highest BCUT2D eigenvalue weighted by molar-refractivity contribution is 5.78. The molecule has 1 aromatic carbocycles. The standard InChI is InChI=1S/C17H22N2O2/c1-4-13(5-2)17(20)18-11-15-19-16(12(3)21-15)14-9-7-6-8-10-14/h6-10,13H,4-5,11H2,1-3H3,(H,18,20). The van der Waals surface area contributed by atoms with E-state index in [0.717, 1.165) is 29.9 Å². The number of aromatic nitrogens is 1. The highest BCUT2D eigenvalue weighted by Crippen LogP contribution is 2.23. The quantitative estimate of drug-likeness (QED) is 0.881. The van der Waals surface area contributed by atoms with Crippen LogP contribution in [0, 0.1) is 12.8 Å². The van der Waals surface area contributed by atoms with Gasteiger partial charge in [-0.15, -0.1) is 0 Å². The Balaban J connectivity index is 2.05. The van der Waals surface area contributed by atoms with Crippen molar-refractivity contribution in [2.45, 2.75) is 40.2 Å². The first kappa shape index (κ1) is 15.3. The Labute approximate surface area is 125 Å². The van der Waals surface area contributed by atoms with Gasteiger partial charge in [0.05, 0.1) is 6.54 Å². The summed E-state index contributed by atoms with van der Waals surface area (Å²) in [5.41, 5.74) is 1.86. The van der Waals surface area contributed by atoms with Gasteiger partial charge in [0.1, 0.15) is 11.5 Å². The van der Waals surface area contributed by atoms with Gasteiger partial charge >= 0.3 is 0 Å². The lowest BCUT2D eigenvalue weighted by molar-refractivity contribution is -0.125. The number of aryl methyl sites for hydroxylation is 1. The minimum absolute atomic E-state index is 0.0645. The van der Waals surface area contributed by atoms with Crippen molar-refractivity contribution in [3.05, 3.63) is 42.0 Å². The van der Waals surface area contributed by atoms with Gasteiger partial charge in [0.15, 0.2) is 0 Å². The summed E-state index contributed by atoms with van der Waals surface area (Å²) in [5.74, 6) is 1.45. The Morgan fingerprint density at radius 2 is 1.90 bits per heavy atom. The average Bonchev–Trinajstić information content (AvgIpc) is 2.88. The van der Waals surface area contributed by atoms with Crippen molar-refractivity contribution in [2.75, 3.05) is 0 Å². The Hall–Kier alpha value is -2.10. The number of carbonyl (C=O) groups excluding carboxylic acids is 1. The molecule has 0 bridgehead atoms. The number of benzene rings is 1. The molecule has 2 aromatic rings. The van der Waals surface area contributed by atoms with E-state index in [-0.39, 0.29) is 11.8 Å². The topological polar surface area (TPSA) is 55.1 Å². The van der Waals surface area contributed by atoms with E-state index in [1.165, 1.54) is 0 Å². The van der Waals surface area contributed by atoms with Crippen LogP contribution in [0.25, 0.3) is 11.3 Å². The van der Waals surface area contributed by atoms with E-state index >= 15 is 0 Å². The lowest BCUT2D eigenvalue weighted by atomic mass is 10.0. The van der Waals surface area contributed by atoms with Crippen molar-refractivity contribution in [1.82, 2.24) is 10.3 Å². The first-order valence-corrected chi connectivity index (χ1v) is 7.45. The van der Waals surface area contributed by atoms with Crippen molar-refractivity contribution in [3.8, 4) is 11.3 Å². The third kappa shape index (κ3) is 3.72. The first-order valence-electron chi connectivity index (χ1n) is 7.45. The normalized spacial score (nSPS) is 10.9. The van der Waals surface area contributed by atoms with Crippen molar-refractivity contribution >= 4 is 5.91 Å². The van der Waals surface area contributed by atoms with E-state index in [9.17, 15) is 4.79 Å². The summed E-state index contributed by atoms with van der Waals surface area (Å²) in [6, 6.07) is 9.90. The SMILES string of the molecule is CCC(CC)C(=O)NCc1nc(-c2ccccc2)c(C)o1. The molecule has 1 aromatic heterocycles. The number of amides is 1. The number of hydrogen-bond acceptors (Lipinski definition) is 3. The third-order valence-electron chi connectivity index (χ3n) is 3.66. The van der Waals surface area contributed by atoms with E-state index in [1.807, 2.05) is 51.1 Å². The minimum atomic E-state index is 0.0645. The number of rotatable bonds is 6. The fourth-order valence-electron chi connectivity index (χ4n) is 2.36. The Bertz CT molecular complexity index is 586. The minimum Gasteiger partial charge on any atom is -0.443 e. The molecular formula is C17H22N2O2. The summed E-state index contributed by atoms with van der Waals surface area (Å²) < 4.78 is 5.64. The van der Waals surface area contributed by atoms with Crippen LogP contribution in [0.3, 0.4) is 0 Å². The largest absolute Gasteiger partial charge is 0.443 e. The second kappa shape index (κ2) is 7.07. The molecule has 4 heteroatoms. The maximum Gasteiger partial charge on any atom is 0.223 e. The van der Waals surface area contributed by atoms with E-state index in [4.69, 9.17) is 4.42 Å². The number of carbonyl (C=O) groups is 1. The molecule has 21 heavy (non-hydrogen) atoms. The molecule has 0 saturated heterocycles. The molecule has 1 heterocycles. The highest BCUT2D eigenvalue weighted by atomic mass is 16.4. The summed E-state index contributed by atoms with van der Waals surface area (Å²) in [6.07, 6.45) is 1.70. The molecule has 0 fully saturated rings. The van der Waals surface area contributed by atoms with Crippen LogP contribution in [0.2, 0.25) is 0 Å². The molecule has 1 N–H and O–H groups in total. The Kier molecular flexibility index (Phi) is 5.14. The van der Waals surface area contributed by atoms with Crippen LogP contribution in [-0.2, 0) is 11.3 Å². The third-order valence-corrected chi connectivity index (χ3v) is 3.66. The summed E-state index contributed by atoms with van der Waals surface area (Å²) in [7, 11) is 0. The Morgan fingerprint density at radius 1 is 1.24 bits per heavy atom. The monoisotopic (exact) mass is 286 g/mol. The van der Waals surface area contributed by atoms with Crippen LogP contribution in [-0.4, -0.2) is 10.9 Å². The van der Waals surface area contributed by atoms with Gasteiger partial charge in [0.25, 0.3) is 0 Å². The molecule has 112 valence electrons. The predicted molar refractivity (Wildman–Crippen MR) is 82.6 cm³/mol. The van der Waals surface area contributed by atoms with Crippen molar-refractivity contribution in [3.63, 3.8) is 0 Å². The van der Waals surface area contributed by atoms with Crippen LogP contribution in [0.1, 0.15) is 38.3 Å². The fraction of sp³-hybridized carbons (Fsp3) is 0.412. The molecule has 0 unspecified atom stereocenters. The summed E-state index contributed by atoms with van der Waals surface area (Å²) in [6.45, 7) is 6.28. The van der Waals surface area contributed by atoms with Crippen molar-refractivity contribution in [1.29, 1.82) is 0 Å². The number of nitrogens with zero attached hydrogens (tertiary/aromatic N) is 1. The first-order chi connectivity index (χ1) is 10.2. The zero-order valence-electron chi connectivity index (χ0n) is 12.8. The van der Waals surface area contributed by atoms with Crippen LogP contribution in [0.15, 0.2) is 34.7 Å². The van der Waals surface area contributed by atoms with Gasteiger partial charge in [-0.25, -0.2) is 4.98 Å². The molecule has 0 aliphatic carbocycles. The average molecular weight is 286 g/mol. The molecule has 0 aliphatic rings. The van der Waals surface area contributed by atoms with Gasteiger partial charge in [0, 0.05) is 11.5 Å². The Morgan fingerprint density at radius 3 is 2.52 bits per heavy atom. The summed E-state index contributed by atoms with van der Waals surface area (Å²) in [5, 5.41) is 2.90. The number of nitrogens with one attached hydrogen (secondary N) is 1. The van der Waals surface area contributed by atoms with Gasteiger partial charge in [-0.1, -0.05) is 44.2 Å². The van der Waals surface area contributed by atoms with E-state index in [1.54, 1.807) is 0 Å². The maximum absolute atomic E-state index is 12.0. The molecule has 0 radical (unpaired) electrons. The molecule has 0 aliphatic heterocycles. The van der Waals surface area contributed by atoms with Gasteiger partial charge in [-0.2, -0.15) is 0 Å². The lowest BCUT2D eigenvalue weighted by Crippen LogP contribution is -2.29. The fourth-order valence-corrected chi connectivity index (χ4v) is 2.36. The molecule has 0 saturated carbocycles. The molecule has 1 amide bonds. The lowest BCUT2D eigenvalue weighted by Gasteiger charge is -2.11. The van der Waals surface area contributed by atoms with Crippen molar-refractivity contribution < 1.29 is 9.21 Å². The van der Waals surface area contributed by atoms with Crippen molar-refractivity contribution in [2.24, 2.45) is 5.92 Å². The van der Waals surface area contributed by atoms with Gasteiger partial charge < -0.3 is 9.73 Å². The van der Waals surface area contributed by atoms with Crippen LogP contribution < -0.4 is 5.32 Å². The van der Waals surface area contributed by atoms with E-state index in [2.05, 4.69) is 10.3 Å². The maximum atomic E-state index is 12.0. The van der Waals surface area contributed by atoms with Gasteiger partial charge in [0.2, 0.25) is 11.8 Å². The van der Waals surface area contributed by atoms with Crippen LogP contribution in [0.5, 0.6) is 0 Å². The van der Waals surface area contributed by atoms with E-state index < -0.39 is 0 Å². The molecule has 0 atom stereocenters. The van der Waals surface area contributed by atoms with Crippen LogP contribution in [0.4, 0.5) is 0 Å². The number of oxazole rings is 1.